The molecule has 6 heteroatoms. The largest absolute Gasteiger partial charge is 0.349 e. The van der Waals surface area contributed by atoms with Crippen LogP contribution in [0, 0.1) is 20.8 Å². The highest BCUT2D eigenvalue weighted by atomic mass is 35.5. The van der Waals surface area contributed by atoms with Crippen LogP contribution < -0.4 is 10.2 Å². The highest BCUT2D eigenvalue weighted by Gasteiger charge is 2.39. The minimum atomic E-state index is -0.538. The van der Waals surface area contributed by atoms with E-state index in [1.807, 2.05) is 26.8 Å². The molecule has 0 bridgehead atoms. The van der Waals surface area contributed by atoms with E-state index in [9.17, 15) is 9.59 Å². The van der Waals surface area contributed by atoms with Crippen LogP contribution in [-0.4, -0.2) is 11.8 Å². The molecular weight excluding hydrogens is 359 g/mol. The Bertz CT molecular complexity index is 935. The third-order valence-corrected chi connectivity index (χ3v) is 4.81. The van der Waals surface area contributed by atoms with Crippen LogP contribution in [0.4, 0.5) is 11.4 Å². The van der Waals surface area contributed by atoms with Crippen LogP contribution in [0.3, 0.4) is 0 Å². The number of nitrogens with zero attached hydrogens (tertiary/aromatic N) is 1. The van der Waals surface area contributed by atoms with E-state index in [1.54, 1.807) is 30.3 Å². The van der Waals surface area contributed by atoms with E-state index in [0.29, 0.717) is 16.4 Å². The van der Waals surface area contributed by atoms with E-state index < -0.39 is 11.8 Å². The molecule has 1 heterocycles. The average Bonchev–Trinajstić information content (AvgIpc) is 2.76. The van der Waals surface area contributed by atoms with Gasteiger partial charge in [0, 0.05) is 10.7 Å². The molecule has 0 spiro atoms. The van der Waals surface area contributed by atoms with Crippen molar-refractivity contribution in [3.05, 3.63) is 68.8 Å². The molecule has 2 amide bonds. The minimum absolute atomic E-state index is 0.0651. The molecule has 0 radical (unpaired) electrons. The lowest BCUT2D eigenvalue weighted by Crippen LogP contribution is -2.32. The van der Waals surface area contributed by atoms with E-state index >= 15 is 0 Å². The maximum atomic E-state index is 12.8. The van der Waals surface area contributed by atoms with Crippen molar-refractivity contribution in [1.82, 2.24) is 0 Å². The number of halogens is 2. The highest BCUT2D eigenvalue weighted by molar-refractivity contribution is 6.53. The zero-order valence-corrected chi connectivity index (χ0v) is 15.5. The summed E-state index contributed by atoms with van der Waals surface area (Å²) in [6.45, 7) is 5.74. The molecule has 1 aliphatic heterocycles. The Balaban J connectivity index is 1.95. The summed E-state index contributed by atoms with van der Waals surface area (Å²) >= 11 is 12.1. The third kappa shape index (κ3) is 3.15. The van der Waals surface area contributed by atoms with Crippen molar-refractivity contribution in [2.24, 2.45) is 0 Å². The SMILES string of the molecule is Cc1ccc(N2C(=O)C(Cl)=C(Nc3ccc(Cl)cc3C)C2=O)cc1C. The zero-order chi connectivity index (χ0) is 18.3. The first kappa shape index (κ1) is 17.5. The summed E-state index contributed by atoms with van der Waals surface area (Å²) in [4.78, 5) is 26.4. The number of hydrogen-bond acceptors (Lipinski definition) is 3. The van der Waals surface area contributed by atoms with Gasteiger partial charge in [0.15, 0.2) is 0 Å². The summed E-state index contributed by atoms with van der Waals surface area (Å²) in [6, 6.07) is 10.6. The number of nitrogens with one attached hydrogen (secondary N) is 1. The third-order valence-electron chi connectivity index (χ3n) is 4.22. The second-order valence-electron chi connectivity index (χ2n) is 5.99. The molecule has 128 valence electrons. The monoisotopic (exact) mass is 374 g/mol. The Morgan fingerprint density at radius 1 is 0.840 bits per heavy atom. The standard InChI is InChI=1S/C19H16Cl2N2O2/c1-10-4-6-14(9-11(10)2)23-18(24)16(21)17(19(23)25)22-15-7-5-13(20)8-12(15)3/h4-9,22H,1-3H3. The van der Waals surface area contributed by atoms with Crippen LogP contribution in [0.5, 0.6) is 0 Å². The fraction of sp³-hybridized carbons (Fsp3) is 0.158. The van der Waals surface area contributed by atoms with Gasteiger partial charge in [-0.3, -0.25) is 9.59 Å². The lowest BCUT2D eigenvalue weighted by molar-refractivity contribution is -0.120. The number of benzene rings is 2. The van der Waals surface area contributed by atoms with Crippen LogP contribution >= 0.6 is 23.2 Å². The highest BCUT2D eigenvalue weighted by Crippen LogP contribution is 2.32. The molecule has 0 fully saturated rings. The minimum Gasteiger partial charge on any atom is -0.349 e. The van der Waals surface area contributed by atoms with Crippen molar-refractivity contribution in [3.8, 4) is 0 Å². The molecule has 25 heavy (non-hydrogen) atoms. The maximum absolute atomic E-state index is 12.8. The van der Waals surface area contributed by atoms with Gasteiger partial charge in [0.2, 0.25) is 0 Å². The van der Waals surface area contributed by atoms with E-state index in [0.717, 1.165) is 21.6 Å². The topological polar surface area (TPSA) is 49.4 Å². The molecule has 0 unspecified atom stereocenters. The first-order chi connectivity index (χ1) is 11.8. The fourth-order valence-electron chi connectivity index (χ4n) is 2.61. The van der Waals surface area contributed by atoms with E-state index in [4.69, 9.17) is 23.2 Å². The van der Waals surface area contributed by atoms with Gasteiger partial charge in [-0.1, -0.05) is 29.3 Å². The molecule has 2 aromatic rings. The number of carbonyl (C=O) groups is 2. The van der Waals surface area contributed by atoms with E-state index in [-0.39, 0.29) is 10.7 Å². The van der Waals surface area contributed by atoms with Gasteiger partial charge in [0.25, 0.3) is 11.8 Å². The zero-order valence-electron chi connectivity index (χ0n) is 14.0. The Hall–Kier alpha value is -2.30. The normalized spacial score (nSPS) is 14.5. The summed E-state index contributed by atoms with van der Waals surface area (Å²) in [7, 11) is 0. The van der Waals surface area contributed by atoms with Gasteiger partial charge < -0.3 is 5.32 Å². The number of amides is 2. The van der Waals surface area contributed by atoms with Crippen LogP contribution in [0.25, 0.3) is 0 Å². The molecule has 2 aromatic carbocycles. The lowest BCUT2D eigenvalue weighted by atomic mass is 10.1. The number of imide groups is 1. The molecule has 0 atom stereocenters. The smallest absolute Gasteiger partial charge is 0.283 e. The summed E-state index contributed by atoms with van der Waals surface area (Å²) in [5.74, 6) is -1.02. The summed E-state index contributed by atoms with van der Waals surface area (Å²) < 4.78 is 0. The second-order valence-corrected chi connectivity index (χ2v) is 6.80. The van der Waals surface area contributed by atoms with Crippen molar-refractivity contribution in [2.75, 3.05) is 10.2 Å². The first-order valence-electron chi connectivity index (χ1n) is 7.68. The molecule has 1 aliphatic rings. The number of anilines is 2. The number of carbonyl (C=O) groups excluding carboxylic acids is 2. The number of hydrogen-bond donors (Lipinski definition) is 1. The quantitative estimate of drug-likeness (QED) is 0.791. The Morgan fingerprint density at radius 2 is 1.56 bits per heavy atom. The Kier molecular flexibility index (Phi) is 4.58. The lowest BCUT2D eigenvalue weighted by Gasteiger charge is -2.16. The second kappa shape index (κ2) is 6.54. The molecule has 0 aliphatic carbocycles. The number of rotatable bonds is 3. The van der Waals surface area contributed by atoms with Crippen molar-refractivity contribution < 1.29 is 9.59 Å². The molecule has 3 rings (SSSR count). The van der Waals surface area contributed by atoms with Gasteiger partial charge in [0.05, 0.1) is 5.69 Å². The van der Waals surface area contributed by atoms with Gasteiger partial charge in [-0.2, -0.15) is 0 Å². The van der Waals surface area contributed by atoms with Gasteiger partial charge >= 0.3 is 0 Å². The van der Waals surface area contributed by atoms with Gasteiger partial charge in [-0.05, 0) is 67.8 Å². The Labute approximate surface area is 156 Å². The molecule has 4 nitrogen and oxygen atoms in total. The summed E-state index contributed by atoms with van der Waals surface area (Å²) in [5.41, 5.74) is 4.15. The van der Waals surface area contributed by atoms with E-state index in [2.05, 4.69) is 5.32 Å². The molecule has 1 N–H and O–H groups in total. The predicted molar refractivity (Wildman–Crippen MR) is 101 cm³/mol. The average molecular weight is 375 g/mol. The summed E-state index contributed by atoms with van der Waals surface area (Å²) in [5, 5.41) is 3.43. The summed E-state index contributed by atoms with van der Waals surface area (Å²) in [6.07, 6.45) is 0. The fourth-order valence-corrected chi connectivity index (χ4v) is 3.05. The maximum Gasteiger partial charge on any atom is 0.283 e. The molecule has 0 aromatic heterocycles. The van der Waals surface area contributed by atoms with Crippen molar-refractivity contribution in [3.63, 3.8) is 0 Å². The van der Waals surface area contributed by atoms with Gasteiger partial charge in [0.1, 0.15) is 10.7 Å². The molecule has 0 saturated carbocycles. The van der Waals surface area contributed by atoms with Crippen molar-refractivity contribution in [2.45, 2.75) is 20.8 Å². The first-order valence-corrected chi connectivity index (χ1v) is 8.44. The van der Waals surface area contributed by atoms with Crippen LogP contribution in [0.2, 0.25) is 5.02 Å². The van der Waals surface area contributed by atoms with Gasteiger partial charge in [-0.15, -0.1) is 0 Å². The molecular formula is C19H16Cl2N2O2. The van der Waals surface area contributed by atoms with Crippen LogP contribution in [0.15, 0.2) is 47.1 Å². The van der Waals surface area contributed by atoms with Crippen molar-refractivity contribution in [1.29, 1.82) is 0 Å². The van der Waals surface area contributed by atoms with E-state index in [1.165, 1.54) is 0 Å². The van der Waals surface area contributed by atoms with Gasteiger partial charge in [-0.25, -0.2) is 4.90 Å². The molecule has 0 saturated heterocycles. The predicted octanol–water partition coefficient (Wildman–Crippen LogP) is 4.70. The number of aryl methyl sites for hydroxylation is 3. The Morgan fingerprint density at radius 3 is 2.20 bits per heavy atom. The van der Waals surface area contributed by atoms with Crippen LogP contribution in [0.1, 0.15) is 16.7 Å². The van der Waals surface area contributed by atoms with Crippen LogP contribution in [-0.2, 0) is 9.59 Å². The van der Waals surface area contributed by atoms with Crippen molar-refractivity contribution >= 4 is 46.4 Å².